The number of nitrogens with one attached hydrogen (secondary N) is 1. The van der Waals surface area contributed by atoms with Gasteiger partial charge in [0, 0.05) is 23.0 Å². The van der Waals surface area contributed by atoms with E-state index in [0.717, 1.165) is 0 Å². The Labute approximate surface area is 166 Å². The van der Waals surface area contributed by atoms with E-state index in [9.17, 15) is 14.0 Å². The van der Waals surface area contributed by atoms with E-state index in [2.05, 4.69) is 10.4 Å². The molecule has 29 heavy (non-hydrogen) atoms. The summed E-state index contributed by atoms with van der Waals surface area (Å²) in [6.45, 7) is 0. The maximum Gasteiger partial charge on any atom is 0.276 e. The number of hydrogen-bond donors (Lipinski definition) is 1. The maximum atomic E-state index is 13.9. The van der Waals surface area contributed by atoms with Crippen LogP contribution in [-0.2, 0) is 0 Å². The minimum atomic E-state index is -0.454. The van der Waals surface area contributed by atoms with E-state index in [0.29, 0.717) is 16.8 Å². The van der Waals surface area contributed by atoms with Gasteiger partial charge in [-0.1, -0.05) is 54.6 Å². The van der Waals surface area contributed by atoms with Gasteiger partial charge in [0.1, 0.15) is 11.5 Å². The zero-order valence-electron chi connectivity index (χ0n) is 15.2. The number of carbonyl (C=O) groups is 2. The molecule has 0 radical (unpaired) electrons. The van der Waals surface area contributed by atoms with Crippen molar-refractivity contribution >= 4 is 17.4 Å². The average Bonchev–Trinajstić information content (AvgIpc) is 3.24. The van der Waals surface area contributed by atoms with Crippen LogP contribution in [0.1, 0.15) is 26.4 Å². The van der Waals surface area contributed by atoms with Crippen molar-refractivity contribution < 1.29 is 14.0 Å². The minimum absolute atomic E-state index is 0.132. The Bertz CT molecular complexity index is 1190. The molecule has 0 unspecified atom stereocenters. The van der Waals surface area contributed by atoms with Gasteiger partial charge in [0.05, 0.1) is 0 Å². The molecule has 4 aromatic rings. The quantitative estimate of drug-likeness (QED) is 0.515. The Balaban J connectivity index is 1.52. The summed E-state index contributed by atoms with van der Waals surface area (Å²) in [5, 5.41) is 6.86. The van der Waals surface area contributed by atoms with Crippen molar-refractivity contribution in [3.63, 3.8) is 0 Å². The average molecular weight is 385 g/mol. The molecule has 1 aromatic heterocycles. The molecule has 0 spiro atoms. The number of para-hydroxylation sites is 1. The van der Waals surface area contributed by atoms with Gasteiger partial charge in [-0.3, -0.25) is 9.59 Å². The lowest BCUT2D eigenvalue weighted by atomic mass is 10.0. The molecule has 4 rings (SSSR count). The van der Waals surface area contributed by atoms with Gasteiger partial charge in [0.25, 0.3) is 5.91 Å². The van der Waals surface area contributed by atoms with Gasteiger partial charge in [0.2, 0.25) is 0 Å². The second-order valence-electron chi connectivity index (χ2n) is 6.33. The van der Waals surface area contributed by atoms with Gasteiger partial charge in [-0.05, 0) is 30.3 Å². The second kappa shape index (κ2) is 7.90. The molecule has 1 heterocycles. The fourth-order valence-corrected chi connectivity index (χ4v) is 2.91. The molecule has 0 fully saturated rings. The highest BCUT2D eigenvalue weighted by molar-refractivity contribution is 6.10. The minimum Gasteiger partial charge on any atom is -0.321 e. The lowest BCUT2D eigenvalue weighted by Gasteiger charge is -2.06. The van der Waals surface area contributed by atoms with Crippen molar-refractivity contribution in [1.29, 1.82) is 0 Å². The van der Waals surface area contributed by atoms with Crippen LogP contribution in [0.5, 0.6) is 0 Å². The van der Waals surface area contributed by atoms with Crippen LogP contribution in [0.4, 0.5) is 10.1 Å². The number of amides is 1. The van der Waals surface area contributed by atoms with Crippen LogP contribution in [0.3, 0.4) is 0 Å². The summed E-state index contributed by atoms with van der Waals surface area (Å²) in [5.41, 5.74) is 1.89. The van der Waals surface area contributed by atoms with E-state index in [4.69, 9.17) is 0 Å². The Kier molecular flexibility index (Phi) is 4.99. The summed E-state index contributed by atoms with van der Waals surface area (Å²) in [6.07, 6.45) is 1.52. The van der Waals surface area contributed by atoms with Crippen LogP contribution in [-0.4, -0.2) is 21.5 Å². The molecule has 3 aromatic carbocycles. The molecule has 6 heteroatoms. The number of rotatable bonds is 5. The molecule has 0 aliphatic rings. The summed E-state index contributed by atoms with van der Waals surface area (Å²) in [7, 11) is 0. The summed E-state index contributed by atoms with van der Waals surface area (Å²) in [4.78, 5) is 25.1. The van der Waals surface area contributed by atoms with Gasteiger partial charge in [-0.15, -0.1) is 0 Å². The third-order valence-electron chi connectivity index (χ3n) is 4.34. The van der Waals surface area contributed by atoms with Gasteiger partial charge in [-0.25, -0.2) is 9.07 Å². The standard InChI is InChI=1S/C23H16FN3O2/c24-19-11-4-5-12-21(19)27-14-13-20(26-27)23(29)25-18-10-6-9-17(15-18)22(28)16-7-2-1-3-8-16/h1-15H,(H,25,29). The van der Waals surface area contributed by atoms with E-state index in [-0.39, 0.29) is 17.2 Å². The molecule has 0 saturated carbocycles. The number of aromatic nitrogens is 2. The monoisotopic (exact) mass is 385 g/mol. The molecule has 1 N–H and O–H groups in total. The van der Waals surface area contributed by atoms with Crippen LogP contribution in [0, 0.1) is 5.82 Å². The molecule has 0 bridgehead atoms. The Morgan fingerprint density at radius 3 is 2.34 bits per heavy atom. The summed E-state index contributed by atoms with van der Waals surface area (Å²) >= 11 is 0. The van der Waals surface area contributed by atoms with Gasteiger partial charge in [0.15, 0.2) is 11.5 Å². The summed E-state index contributed by atoms with van der Waals surface area (Å²) in [5.74, 6) is -1.02. The third kappa shape index (κ3) is 3.96. The van der Waals surface area contributed by atoms with Crippen molar-refractivity contribution in [3.05, 3.63) is 114 Å². The highest BCUT2D eigenvalue weighted by Gasteiger charge is 2.14. The highest BCUT2D eigenvalue weighted by atomic mass is 19.1. The van der Waals surface area contributed by atoms with Gasteiger partial charge < -0.3 is 5.32 Å². The first-order valence-electron chi connectivity index (χ1n) is 8.93. The van der Waals surface area contributed by atoms with Gasteiger partial charge >= 0.3 is 0 Å². The predicted molar refractivity (Wildman–Crippen MR) is 108 cm³/mol. The normalized spacial score (nSPS) is 10.5. The SMILES string of the molecule is O=C(c1ccccc1)c1cccc(NC(=O)c2ccn(-c3ccccc3F)n2)c1. The van der Waals surface area contributed by atoms with Crippen molar-refractivity contribution in [3.8, 4) is 5.69 Å². The van der Waals surface area contributed by atoms with Crippen molar-refractivity contribution in [2.75, 3.05) is 5.32 Å². The van der Waals surface area contributed by atoms with Crippen LogP contribution < -0.4 is 5.32 Å². The van der Waals surface area contributed by atoms with Crippen molar-refractivity contribution in [2.45, 2.75) is 0 Å². The lowest BCUT2D eigenvalue weighted by molar-refractivity contribution is 0.101. The topological polar surface area (TPSA) is 64.0 Å². The summed E-state index contributed by atoms with van der Waals surface area (Å²) in [6, 6.07) is 23.3. The van der Waals surface area contributed by atoms with Crippen LogP contribution in [0.2, 0.25) is 0 Å². The number of benzene rings is 3. The Morgan fingerprint density at radius 2 is 1.55 bits per heavy atom. The largest absolute Gasteiger partial charge is 0.321 e. The first-order chi connectivity index (χ1) is 14.1. The predicted octanol–water partition coefficient (Wildman–Crippen LogP) is 4.49. The fourth-order valence-electron chi connectivity index (χ4n) is 2.91. The molecule has 5 nitrogen and oxygen atoms in total. The zero-order chi connectivity index (χ0) is 20.2. The molecule has 1 amide bonds. The van der Waals surface area contributed by atoms with Gasteiger partial charge in [-0.2, -0.15) is 5.10 Å². The first kappa shape index (κ1) is 18.3. The molecular formula is C23H16FN3O2. The van der Waals surface area contributed by atoms with Crippen LogP contribution in [0.25, 0.3) is 5.69 Å². The summed E-state index contributed by atoms with van der Waals surface area (Å²) < 4.78 is 15.2. The molecule has 142 valence electrons. The molecule has 0 aliphatic heterocycles. The smallest absolute Gasteiger partial charge is 0.276 e. The number of nitrogens with zero attached hydrogens (tertiary/aromatic N) is 2. The third-order valence-corrected chi connectivity index (χ3v) is 4.34. The number of halogens is 1. The lowest BCUT2D eigenvalue weighted by Crippen LogP contribution is -2.14. The zero-order valence-corrected chi connectivity index (χ0v) is 15.2. The number of carbonyl (C=O) groups excluding carboxylic acids is 2. The van der Waals surface area contributed by atoms with E-state index in [1.807, 2.05) is 6.07 Å². The highest BCUT2D eigenvalue weighted by Crippen LogP contribution is 2.17. The first-order valence-corrected chi connectivity index (χ1v) is 8.93. The van der Waals surface area contributed by atoms with E-state index in [1.54, 1.807) is 66.7 Å². The van der Waals surface area contributed by atoms with E-state index >= 15 is 0 Å². The second-order valence-corrected chi connectivity index (χ2v) is 6.33. The van der Waals surface area contributed by atoms with Crippen LogP contribution in [0.15, 0.2) is 91.1 Å². The van der Waals surface area contributed by atoms with Crippen molar-refractivity contribution in [2.24, 2.45) is 0 Å². The molecule has 0 saturated heterocycles. The fraction of sp³-hybridized carbons (Fsp3) is 0. The molecular weight excluding hydrogens is 369 g/mol. The number of ketones is 1. The van der Waals surface area contributed by atoms with E-state index in [1.165, 1.54) is 23.0 Å². The van der Waals surface area contributed by atoms with E-state index < -0.39 is 11.7 Å². The van der Waals surface area contributed by atoms with Crippen molar-refractivity contribution in [1.82, 2.24) is 9.78 Å². The number of hydrogen-bond acceptors (Lipinski definition) is 3. The Hall–Kier alpha value is -4.06. The van der Waals surface area contributed by atoms with Crippen LogP contribution >= 0.6 is 0 Å². The molecule has 0 atom stereocenters. The number of anilines is 1. The Morgan fingerprint density at radius 1 is 0.828 bits per heavy atom. The maximum absolute atomic E-state index is 13.9. The molecule has 0 aliphatic carbocycles.